The summed E-state index contributed by atoms with van der Waals surface area (Å²) in [5.74, 6) is 1.08. The number of hydrogen-bond donors (Lipinski definition) is 1. The van der Waals surface area contributed by atoms with Crippen molar-refractivity contribution in [2.45, 2.75) is 52.3 Å². The van der Waals surface area contributed by atoms with Crippen molar-refractivity contribution in [2.75, 3.05) is 19.6 Å². The lowest BCUT2D eigenvalue weighted by molar-refractivity contribution is 0.211. The summed E-state index contributed by atoms with van der Waals surface area (Å²) in [7, 11) is -3.14. The molecule has 0 amide bonds. The number of nitrogens with zero attached hydrogens (tertiary/aromatic N) is 1. The number of piperidine rings is 1. The highest BCUT2D eigenvalue weighted by Gasteiger charge is 2.33. The molecular formula is C13H28N2O2S. The SMILES string of the molecule is CC(C)NCC(C)S(=O)(=O)N1CCC(C)C(C)C1. The van der Waals surface area contributed by atoms with Gasteiger partial charge in [-0.3, -0.25) is 0 Å². The molecule has 0 bridgehead atoms. The van der Waals surface area contributed by atoms with Crippen LogP contribution >= 0.6 is 0 Å². The van der Waals surface area contributed by atoms with Crippen LogP contribution in [0.3, 0.4) is 0 Å². The fourth-order valence-corrected chi connectivity index (χ4v) is 3.84. The van der Waals surface area contributed by atoms with Crippen molar-refractivity contribution in [3.05, 3.63) is 0 Å². The minimum atomic E-state index is -3.14. The summed E-state index contributed by atoms with van der Waals surface area (Å²) < 4.78 is 26.6. The molecule has 5 heteroatoms. The van der Waals surface area contributed by atoms with Gasteiger partial charge in [-0.15, -0.1) is 0 Å². The zero-order chi connectivity index (χ0) is 13.9. The lowest BCUT2D eigenvalue weighted by atomic mass is 9.90. The van der Waals surface area contributed by atoms with Crippen molar-refractivity contribution in [1.29, 1.82) is 0 Å². The molecule has 0 aromatic rings. The Morgan fingerprint density at radius 3 is 2.33 bits per heavy atom. The van der Waals surface area contributed by atoms with Gasteiger partial charge in [-0.2, -0.15) is 0 Å². The fourth-order valence-electron chi connectivity index (χ4n) is 2.22. The highest BCUT2D eigenvalue weighted by molar-refractivity contribution is 7.89. The first kappa shape index (κ1) is 15.9. The molecule has 108 valence electrons. The smallest absolute Gasteiger partial charge is 0.217 e. The van der Waals surface area contributed by atoms with Crippen LogP contribution in [0.2, 0.25) is 0 Å². The van der Waals surface area contributed by atoms with E-state index < -0.39 is 10.0 Å². The number of hydrogen-bond acceptors (Lipinski definition) is 3. The zero-order valence-electron chi connectivity index (χ0n) is 12.3. The van der Waals surface area contributed by atoms with E-state index in [4.69, 9.17) is 0 Å². The molecular weight excluding hydrogens is 248 g/mol. The van der Waals surface area contributed by atoms with Crippen molar-refractivity contribution in [3.8, 4) is 0 Å². The van der Waals surface area contributed by atoms with Crippen LogP contribution in [0.15, 0.2) is 0 Å². The monoisotopic (exact) mass is 276 g/mol. The van der Waals surface area contributed by atoms with E-state index >= 15 is 0 Å². The number of rotatable bonds is 5. The summed E-state index contributed by atoms with van der Waals surface area (Å²) in [5, 5.41) is 2.86. The van der Waals surface area contributed by atoms with Crippen molar-refractivity contribution < 1.29 is 8.42 Å². The Morgan fingerprint density at radius 1 is 1.22 bits per heavy atom. The molecule has 4 nitrogen and oxygen atoms in total. The minimum Gasteiger partial charge on any atom is -0.313 e. The topological polar surface area (TPSA) is 49.4 Å². The summed E-state index contributed by atoms with van der Waals surface area (Å²) in [5.41, 5.74) is 0. The van der Waals surface area contributed by atoms with Crippen LogP contribution in [0.25, 0.3) is 0 Å². The van der Waals surface area contributed by atoms with Crippen LogP contribution < -0.4 is 5.32 Å². The Kier molecular flexibility index (Phi) is 5.62. The summed E-state index contributed by atoms with van der Waals surface area (Å²) >= 11 is 0. The molecule has 0 aromatic heterocycles. The predicted octanol–water partition coefficient (Wildman–Crippen LogP) is 1.68. The van der Waals surface area contributed by atoms with Crippen LogP contribution in [0.5, 0.6) is 0 Å². The summed E-state index contributed by atoms with van der Waals surface area (Å²) in [6, 6.07) is 0.322. The van der Waals surface area contributed by atoms with Gasteiger partial charge in [-0.05, 0) is 25.2 Å². The van der Waals surface area contributed by atoms with Gasteiger partial charge in [-0.1, -0.05) is 27.7 Å². The lowest BCUT2D eigenvalue weighted by Gasteiger charge is -2.36. The molecule has 1 saturated heterocycles. The largest absolute Gasteiger partial charge is 0.313 e. The average Bonchev–Trinajstić information content (AvgIpc) is 2.29. The third-order valence-corrected chi connectivity index (χ3v) is 6.21. The van der Waals surface area contributed by atoms with Crippen molar-refractivity contribution in [1.82, 2.24) is 9.62 Å². The predicted molar refractivity (Wildman–Crippen MR) is 76.0 cm³/mol. The van der Waals surface area contributed by atoms with E-state index in [-0.39, 0.29) is 5.25 Å². The maximum absolute atomic E-state index is 12.4. The zero-order valence-corrected chi connectivity index (χ0v) is 13.1. The highest BCUT2D eigenvalue weighted by Crippen LogP contribution is 2.25. The third kappa shape index (κ3) is 3.93. The Hall–Kier alpha value is -0.130. The van der Waals surface area contributed by atoms with Crippen LogP contribution in [0, 0.1) is 11.8 Å². The summed E-state index contributed by atoms with van der Waals surface area (Å²) in [6.07, 6.45) is 0.977. The van der Waals surface area contributed by atoms with E-state index in [1.54, 1.807) is 11.2 Å². The van der Waals surface area contributed by atoms with Gasteiger partial charge in [0.2, 0.25) is 10.0 Å². The molecule has 1 heterocycles. The first-order valence-corrected chi connectivity index (χ1v) is 8.47. The average molecular weight is 276 g/mol. The second-order valence-corrected chi connectivity index (χ2v) is 8.37. The highest BCUT2D eigenvalue weighted by atomic mass is 32.2. The van der Waals surface area contributed by atoms with E-state index in [1.165, 1.54) is 0 Å². The van der Waals surface area contributed by atoms with Gasteiger partial charge in [0.25, 0.3) is 0 Å². The van der Waals surface area contributed by atoms with E-state index in [0.717, 1.165) is 6.42 Å². The van der Waals surface area contributed by atoms with Gasteiger partial charge < -0.3 is 5.32 Å². The Bertz CT molecular complexity index is 354. The van der Waals surface area contributed by atoms with E-state index in [0.29, 0.717) is 37.5 Å². The second-order valence-electron chi connectivity index (χ2n) is 6.02. The molecule has 3 unspecified atom stereocenters. The maximum atomic E-state index is 12.4. The molecule has 0 spiro atoms. The first-order chi connectivity index (χ1) is 8.25. The van der Waals surface area contributed by atoms with E-state index in [9.17, 15) is 8.42 Å². The van der Waals surface area contributed by atoms with Crippen molar-refractivity contribution in [3.63, 3.8) is 0 Å². The normalized spacial score (nSPS) is 28.6. The molecule has 0 aliphatic carbocycles. The Balaban J connectivity index is 2.63. The molecule has 0 radical (unpaired) electrons. The lowest BCUT2D eigenvalue weighted by Crippen LogP contribution is -2.48. The van der Waals surface area contributed by atoms with Crippen LogP contribution in [0.1, 0.15) is 41.0 Å². The molecule has 18 heavy (non-hydrogen) atoms. The first-order valence-electron chi connectivity index (χ1n) is 6.97. The fraction of sp³-hybridized carbons (Fsp3) is 1.00. The molecule has 1 aliphatic heterocycles. The van der Waals surface area contributed by atoms with Gasteiger partial charge in [0.05, 0.1) is 5.25 Å². The van der Waals surface area contributed by atoms with Gasteiger partial charge in [0.15, 0.2) is 0 Å². The number of sulfonamides is 1. The Morgan fingerprint density at radius 2 is 1.83 bits per heavy atom. The standard InChI is InChI=1S/C13H28N2O2S/c1-10(2)14-8-13(5)18(16,17)15-7-6-11(3)12(4)9-15/h10-14H,6-9H2,1-5H3. The molecule has 3 atom stereocenters. The van der Waals surface area contributed by atoms with Crippen LogP contribution in [-0.2, 0) is 10.0 Å². The molecule has 1 N–H and O–H groups in total. The second kappa shape index (κ2) is 6.35. The van der Waals surface area contributed by atoms with Gasteiger partial charge in [0, 0.05) is 25.7 Å². The Labute approximate surface area is 112 Å². The van der Waals surface area contributed by atoms with Gasteiger partial charge >= 0.3 is 0 Å². The maximum Gasteiger partial charge on any atom is 0.217 e. The van der Waals surface area contributed by atoms with Crippen molar-refractivity contribution >= 4 is 10.0 Å². The van der Waals surface area contributed by atoms with Gasteiger partial charge in [-0.25, -0.2) is 12.7 Å². The molecule has 0 aromatic carbocycles. The molecule has 1 aliphatic rings. The van der Waals surface area contributed by atoms with Crippen molar-refractivity contribution in [2.24, 2.45) is 11.8 Å². The minimum absolute atomic E-state index is 0.322. The summed E-state index contributed by atoms with van der Waals surface area (Å²) in [6.45, 7) is 12.1. The third-order valence-electron chi connectivity index (χ3n) is 3.98. The van der Waals surface area contributed by atoms with Crippen LogP contribution in [-0.4, -0.2) is 43.6 Å². The molecule has 1 fully saturated rings. The van der Waals surface area contributed by atoms with Crippen LogP contribution in [0.4, 0.5) is 0 Å². The molecule has 1 rings (SSSR count). The van der Waals surface area contributed by atoms with E-state index in [2.05, 4.69) is 19.2 Å². The van der Waals surface area contributed by atoms with Gasteiger partial charge in [0.1, 0.15) is 0 Å². The number of nitrogens with one attached hydrogen (secondary N) is 1. The quantitative estimate of drug-likeness (QED) is 0.831. The molecule has 0 saturated carbocycles. The summed E-state index contributed by atoms with van der Waals surface area (Å²) in [4.78, 5) is 0. The van der Waals surface area contributed by atoms with E-state index in [1.807, 2.05) is 13.8 Å².